The summed E-state index contributed by atoms with van der Waals surface area (Å²) < 4.78 is 36.7. The van der Waals surface area contributed by atoms with Gasteiger partial charge in [-0.05, 0) is 36.4 Å². The number of halogens is 3. The second-order valence-corrected chi connectivity index (χ2v) is 4.73. The fourth-order valence-electron chi connectivity index (χ4n) is 1.49. The van der Waals surface area contributed by atoms with E-state index in [0.717, 1.165) is 6.07 Å². The fourth-order valence-corrected chi connectivity index (χ4v) is 1.90. The molecule has 0 aromatic heterocycles. The van der Waals surface area contributed by atoms with Crippen LogP contribution in [0.1, 0.15) is 10.4 Å². The molecule has 0 bridgehead atoms. The summed E-state index contributed by atoms with van der Waals surface area (Å²) in [4.78, 5) is 11.8. The lowest BCUT2D eigenvalue weighted by molar-refractivity contribution is 0.0726. The summed E-state index contributed by atoms with van der Waals surface area (Å²) in [6.07, 6.45) is 0. The molecule has 0 N–H and O–H groups in total. The van der Waals surface area contributed by atoms with Crippen molar-refractivity contribution < 1.29 is 23.0 Å². The Morgan fingerprint density at radius 3 is 2.40 bits per heavy atom. The molecule has 2 rings (SSSR count). The molecule has 0 saturated carbocycles. The monoisotopic (exact) mass is 342 g/mol. The highest BCUT2D eigenvalue weighted by molar-refractivity contribution is 9.10. The molecule has 0 heterocycles. The van der Waals surface area contributed by atoms with Crippen molar-refractivity contribution in [3.05, 3.63) is 58.1 Å². The lowest BCUT2D eigenvalue weighted by atomic mass is 10.2. The van der Waals surface area contributed by atoms with E-state index in [1.54, 1.807) is 12.1 Å². The van der Waals surface area contributed by atoms with Crippen LogP contribution in [0.5, 0.6) is 11.5 Å². The van der Waals surface area contributed by atoms with Crippen molar-refractivity contribution in [1.82, 2.24) is 0 Å². The molecule has 2 aromatic rings. The number of benzene rings is 2. The largest absolute Gasteiger partial charge is 0.497 e. The van der Waals surface area contributed by atoms with Gasteiger partial charge in [-0.1, -0.05) is 15.9 Å². The van der Waals surface area contributed by atoms with Crippen molar-refractivity contribution in [3.8, 4) is 11.5 Å². The van der Waals surface area contributed by atoms with Crippen LogP contribution in [0.4, 0.5) is 8.78 Å². The number of carbonyl (C=O) groups is 1. The third-order valence-corrected chi connectivity index (χ3v) is 2.95. The van der Waals surface area contributed by atoms with Crippen molar-refractivity contribution in [3.63, 3.8) is 0 Å². The minimum absolute atomic E-state index is 0.200. The number of methoxy groups -OCH3 is 1. The van der Waals surface area contributed by atoms with Gasteiger partial charge in [0.25, 0.3) is 0 Å². The molecule has 0 amide bonds. The van der Waals surface area contributed by atoms with Gasteiger partial charge < -0.3 is 9.47 Å². The summed E-state index contributed by atoms with van der Waals surface area (Å²) in [7, 11) is 1.49. The van der Waals surface area contributed by atoms with E-state index in [1.807, 2.05) is 0 Å². The Morgan fingerprint density at radius 1 is 1.15 bits per heavy atom. The Hall–Kier alpha value is -1.95. The first-order chi connectivity index (χ1) is 9.51. The Balaban J connectivity index is 2.23. The summed E-state index contributed by atoms with van der Waals surface area (Å²) in [5.74, 6) is -3.00. The lowest BCUT2D eigenvalue weighted by Crippen LogP contribution is -2.10. The minimum atomic E-state index is -1.21. The SMILES string of the molecule is COc1ccc(C(=O)Oc2cc(Br)cc(F)c2F)cc1. The summed E-state index contributed by atoms with van der Waals surface area (Å²) in [5, 5.41) is 0. The van der Waals surface area contributed by atoms with E-state index in [-0.39, 0.29) is 10.0 Å². The van der Waals surface area contributed by atoms with Gasteiger partial charge in [0, 0.05) is 4.47 Å². The lowest BCUT2D eigenvalue weighted by Gasteiger charge is -2.07. The maximum atomic E-state index is 13.5. The molecule has 0 aliphatic rings. The highest BCUT2D eigenvalue weighted by Crippen LogP contribution is 2.26. The molecule has 0 fully saturated rings. The van der Waals surface area contributed by atoms with E-state index >= 15 is 0 Å². The standard InChI is InChI=1S/C14H9BrF2O3/c1-19-10-4-2-8(3-5-10)14(18)20-12-7-9(15)6-11(16)13(12)17/h2-7H,1H3. The number of hydrogen-bond acceptors (Lipinski definition) is 3. The Labute approximate surface area is 122 Å². The van der Waals surface area contributed by atoms with Gasteiger partial charge in [-0.2, -0.15) is 4.39 Å². The normalized spacial score (nSPS) is 10.2. The molecule has 3 nitrogen and oxygen atoms in total. The first-order valence-electron chi connectivity index (χ1n) is 5.52. The second kappa shape index (κ2) is 6.00. The molecular weight excluding hydrogens is 334 g/mol. The van der Waals surface area contributed by atoms with Crippen molar-refractivity contribution in [2.75, 3.05) is 7.11 Å². The highest BCUT2D eigenvalue weighted by atomic mass is 79.9. The maximum absolute atomic E-state index is 13.5. The van der Waals surface area contributed by atoms with Crippen LogP contribution in [0.2, 0.25) is 0 Å². The summed E-state index contributed by atoms with van der Waals surface area (Å²) in [5.41, 5.74) is 0.200. The van der Waals surface area contributed by atoms with Gasteiger partial charge in [0.05, 0.1) is 12.7 Å². The number of ether oxygens (including phenoxy) is 2. The smallest absolute Gasteiger partial charge is 0.343 e. The van der Waals surface area contributed by atoms with E-state index < -0.39 is 23.4 Å². The maximum Gasteiger partial charge on any atom is 0.343 e. The second-order valence-electron chi connectivity index (χ2n) is 3.82. The third kappa shape index (κ3) is 3.14. The zero-order valence-electron chi connectivity index (χ0n) is 10.3. The number of esters is 1. The van der Waals surface area contributed by atoms with Gasteiger partial charge in [0.1, 0.15) is 5.75 Å². The number of carbonyl (C=O) groups excluding carboxylic acids is 1. The quantitative estimate of drug-likeness (QED) is 0.481. The van der Waals surface area contributed by atoms with E-state index in [9.17, 15) is 13.6 Å². The van der Waals surface area contributed by atoms with Crippen LogP contribution in [0.15, 0.2) is 40.9 Å². The van der Waals surface area contributed by atoms with Crippen LogP contribution in [0, 0.1) is 11.6 Å². The molecule has 0 saturated heterocycles. The zero-order valence-corrected chi connectivity index (χ0v) is 11.9. The average molecular weight is 343 g/mol. The van der Waals surface area contributed by atoms with Crippen LogP contribution in [-0.2, 0) is 0 Å². The Morgan fingerprint density at radius 2 is 1.80 bits per heavy atom. The zero-order chi connectivity index (χ0) is 14.7. The molecule has 0 spiro atoms. The molecule has 0 atom stereocenters. The van der Waals surface area contributed by atoms with Crippen molar-refractivity contribution in [1.29, 1.82) is 0 Å². The van der Waals surface area contributed by atoms with Crippen LogP contribution < -0.4 is 9.47 Å². The molecular formula is C14H9BrF2O3. The molecule has 0 aliphatic carbocycles. The van der Waals surface area contributed by atoms with Gasteiger partial charge in [-0.3, -0.25) is 0 Å². The van der Waals surface area contributed by atoms with Gasteiger partial charge in [-0.25, -0.2) is 9.18 Å². The highest BCUT2D eigenvalue weighted by Gasteiger charge is 2.16. The predicted molar refractivity (Wildman–Crippen MR) is 72.0 cm³/mol. The third-order valence-electron chi connectivity index (χ3n) is 2.49. The molecule has 2 aromatic carbocycles. The van der Waals surface area contributed by atoms with Crippen molar-refractivity contribution in [2.24, 2.45) is 0 Å². The van der Waals surface area contributed by atoms with Gasteiger partial charge in [0.2, 0.25) is 5.82 Å². The molecule has 0 unspecified atom stereocenters. The van der Waals surface area contributed by atoms with Gasteiger partial charge >= 0.3 is 5.97 Å². The molecule has 0 aliphatic heterocycles. The van der Waals surface area contributed by atoms with Crippen LogP contribution in [-0.4, -0.2) is 13.1 Å². The number of hydrogen-bond donors (Lipinski definition) is 0. The minimum Gasteiger partial charge on any atom is -0.497 e. The van der Waals surface area contributed by atoms with Crippen LogP contribution in [0.3, 0.4) is 0 Å². The molecule has 0 radical (unpaired) electrons. The van der Waals surface area contributed by atoms with Crippen LogP contribution >= 0.6 is 15.9 Å². The predicted octanol–water partition coefficient (Wildman–Crippen LogP) is 3.96. The summed E-state index contributed by atoms with van der Waals surface area (Å²) in [6, 6.07) is 8.18. The van der Waals surface area contributed by atoms with E-state index in [2.05, 4.69) is 15.9 Å². The van der Waals surface area contributed by atoms with Gasteiger partial charge in [-0.15, -0.1) is 0 Å². The van der Waals surface area contributed by atoms with E-state index in [4.69, 9.17) is 9.47 Å². The van der Waals surface area contributed by atoms with Crippen LogP contribution in [0.25, 0.3) is 0 Å². The van der Waals surface area contributed by atoms with Gasteiger partial charge in [0.15, 0.2) is 11.6 Å². The number of rotatable bonds is 3. The Kier molecular flexibility index (Phi) is 4.34. The first-order valence-corrected chi connectivity index (χ1v) is 6.31. The Bertz CT molecular complexity index is 642. The van der Waals surface area contributed by atoms with Crippen molar-refractivity contribution >= 4 is 21.9 Å². The fraction of sp³-hybridized carbons (Fsp3) is 0.0714. The summed E-state index contributed by atoms with van der Waals surface area (Å²) >= 11 is 3.00. The summed E-state index contributed by atoms with van der Waals surface area (Å²) in [6.45, 7) is 0. The molecule has 6 heteroatoms. The first kappa shape index (κ1) is 14.5. The molecule has 104 valence electrons. The van der Waals surface area contributed by atoms with Crippen molar-refractivity contribution in [2.45, 2.75) is 0 Å². The van der Waals surface area contributed by atoms with E-state index in [1.165, 1.54) is 25.3 Å². The average Bonchev–Trinajstić information content (AvgIpc) is 2.44. The topological polar surface area (TPSA) is 35.5 Å². The van der Waals surface area contributed by atoms with E-state index in [0.29, 0.717) is 5.75 Å². The molecule has 20 heavy (non-hydrogen) atoms.